The van der Waals surface area contributed by atoms with Crippen molar-refractivity contribution in [3.8, 4) is 0 Å². The van der Waals surface area contributed by atoms with Crippen LogP contribution in [0.4, 0.5) is 5.82 Å². The molecule has 1 aromatic carbocycles. The Labute approximate surface area is 123 Å². The summed E-state index contributed by atoms with van der Waals surface area (Å²) >= 11 is 5.80. The number of nitrogens with one attached hydrogen (secondary N) is 1. The molecule has 0 aliphatic rings. The highest BCUT2D eigenvalue weighted by molar-refractivity contribution is 6.30. The standard InChI is InChI=1S/C16H15ClN2O/c1-11-7-8-18-16(9-11)19-12(2)10-15(20)13-3-5-14(17)6-4-13/h3-10H,1-2H3,(H,18,19)/b12-10+. The van der Waals surface area contributed by atoms with E-state index < -0.39 is 0 Å². The van der Waals surface area contributed by atoms with E-state index in [1.54, 1.807) is 36.5 Å². The van der Waals surface area contributed by atoms with Crippen LogP contribution in [0.1, 0.15) is 22.8 Å². The van der Waals surface area contributed by atoms with Crippen LogP contribution < -0.4 is 5.32 Å². The summed E-state index contributed by atoms with van der Waals surface area (Å²) in [4.78, 5) is 16.2. The van der Waals surface area contributed by atoms with Crippen molar-refractivity contribution in [1.82, 2.24) is 4.98 Å². The smallest absolute Gasteiger partial charge is 0.187 e. The Kier molecular flexibility index (Phi) is 4.53. The van der Waals surface area contributed by atoms with Crippen molar-refractivity contribution in [2.75, 3.05) is 5.32 Å². The lowest BCUT2D eigenvalue weighted by Gasteiger charge is -2.06. The van der Waals surface area contributed by atoms with Crippen LogP contribution in [0.15, 0.2) is 54.4 Å². The minimum absolute atomic E-state index is 0.0701. The lowest BCUT2D eigenvalue weighted by Crippen LogP contribution is -2.02. The van der Waals surface area contributed by atoms with E-state index in [4.69, 9.17) is 11.6 Å². The SMILES string of the molecule is C/C(=C\C(=O)c1ccc(Cl)cc1)Nc1cc(C)ccn1. The van der Waals surface area contributed by atoms with Gasteiger partial charge in [-0.05, 0) is 55.8 Å². The summed E-state index contributed by atoms with van der Waals surface area (Å²) in [5, 5.41) is 3.71. The van der Waals surface area contributed by atoms with E-state index in [1.165, 1.54) is 0 Å². The van der Waals surface area contributed by atoms with Crippen LogP contribution in [0, 0.1) is 6.92 Å². The van der Waals surface area contributed by atoms with Gasteiger partial charge in [0.15, 0.2) is 5.78 Å². The van der Waals surface area contributed by atoms with Gasteiger partial charge in [0.05, 0.1) is 0 Å². The van der Waals surface area contributed by atoms with E-state index in [2.05, 4.69) is 10.3 Å². The Balaban J connectivity index is 2.10. The lowest BCUT2D eigenvalue weighted by atomic mass is 10.1. The van der Waals surface area contributed by atoms with Gasteiger partial charge >= 0.3 is 0 Å². The number of hydrogen-bond acceptors (Lipinski definition) is 3. The normalized spacial score (nSPS) is 11.2. The quantitative estimate of drug-likeness (QED) is 0.675. The average Bonchev–Trinajstić information content (AvgIpc) is 2.39. The van der Waals surface area contributed by atoms with Crippen LogP contribution in [0.5, 0.6) is 0 Å². The van der Waals surface area contributed by atoms with Gasteiger partial charge in [0, 0.05) is 28.6 Å². The summed E-state index contributed by atoms with van der Waals surface area (Å²) in [5.41, 5.74) is 2.45. The Bertz CT molecular complexity index is 648. The molecule has 0 saturated carbocycles. The maximum Gasteiger partial charge on any atom is 0.187 e. The second-order valence-electron chi connectivity index (χ2n) is 4.54. The number of benzene rings is 1. The van der Waals surface area contributed by atoms with Crippen molar-refractivity contribution >= 4 is 23.2 Å². The van der Waals surface area contributed by atoms with Crippen LogP contribution in [0.2, 0.25) is 5.02 Å². The number of aromatic nitrogens is 1. The summed E-state index contributed by atoms with van der Waals surface area (Å²) in [6, 6.07) is 10.7. The lowest BCUT2D eigenvalue weighted by molar-refractivity contribution is 0.104. The van der Waals surface area contributed by atoms with Gasteiger partial charge in [-0.1, -0.05) is 11.6 Å². The molecule has 0 saturated heterocycles. The number of hydrogen-bond donors (Lipinski definition) is 1. The van der Waals surface area contributed by atoms with Crippen molar-refractivity contribution in [2.45, 2.75) is 13.8 Å². The fourth-order valence-corrected chi connectivity index (χ4v) is 1.86. The Morgan fingerprint density at radius 1 is 1.25 bits per heavy atom. The first-order valence-corrected chi connectivity index (χ1v) is 6.60. The van der Waals surface area contributed by atoms with Gasteiger partial charge < -0.3 is 5.32 Å². The molecule has 1 heterocycles. The maximum absolute atomic E-state index is 12.0. The van der Waals surface area contributed by atoms with Gasteiger partial charge in [-0.3, -0.25) is 4.79 Å². The molecule has 102 valence electrons. The van der Waals surface area contributed by atoms with E-state index >= 15 is 0 Å². The summed E-state index contributed by atoms with van der Waals surface area (Å²) in [7, 11) is 0. The van der Waals surface area contributed by atoms with Crippen molar-refractivity contribution in [3.05, 3.63) is 70.5 Å². The average molecular weight is 287 g/mol. The first kappa shape index (κ1) is 14.3. The van der Waals surface area contributed by atoms with Gasteiger partial charge in [0.25, 0.3) is 0 Å². The monoisotopic (exact) mass is 286 g/mol. The topological polar surface area (TPSA) is 42.0 Å². The van der Waals surface area contributed by atoms with Gasteiger partial charge in [0.1, 0.15) is 5.82 Å². The first-order valence-electron chi connectivity index (χ1n) is 6.22. The van der Waals surface area contributed by atoms with E-state index in [9.17, 15) is 4.79 Å². The summed E-state index contributed by atoms with van der Waals surface area (Å²) < 4.78 is 0. The molecule has 0 spiro atoms. The predicted octanol–water partition coefficient (Wildman–Crippen LogP) is 4.24. The van der Waals surface area contributed by atoms with Crippen LogP contribution in [0.3, 0.4) is 0 Å². The minimum Gasteiger partial charge on any atom is -0.344 e. The molecular formula is C16H15ClN2O. The molecule has 20 heavy (non-hydrogen) atoms. The molecule has 0 fully saturated rings. The van der Waals surface area contributed by atoms with Crippen LogP contribution >= 0.6 is 11.6 Å². The molecule has 0 amide bonds. The number of nitrogens with zero attached hydrogens (tertiary/aromatic N) is 1. The van der Waals surface area contributed by atoms with Crippen LogP contribution in [0.25, 0.3) is 0 Å². The van der Waals surface area contributed by atoms with E-state index in [0.717, 1.165) is 17.1 Å². The summed E-state index contributed by atoms with van der Waals surface area (Å²) in [6.07, 6.45) is 3.28. The maximum atomic E-state index is 12.0. The van der Waals surface area contributed by atoms with Crippen LogP contribution in [-0.2, 0) is 0 Å². The van der Waals surface area contributed by atoms with Crippen molar-refractivity contribution in [2.24, 2.45) is 0 Å². The number of halogens is 1. The zero-order chi connectivity index (χ0) is 14.5. The number of rotatable bonds is 4. The second kappa shape index (κ2) is 6.35. The van der Waals surface area contributed by atoms with Gasteiger partial charge in [-0.25, -0.2) is 4.98 Å². The highest BCUT2D eigenvalue weighted by Gasteiger charge is 2.03. The van der Waals surface area contributed by atoms with Gasteiger partial charge in [-0.2, -0.15) is 0 Å². The molecule has 1 N–H and O–H groups in total. The Morgan fingerprint density at radius 2 is 1.95 bits per heavy atom. The summed E-state index contributed by atoms with van der Waals surface area (Å²) in [6.45, 7) is 3.82. The van der Waals surface area contributed by atoms with E-state index in [1.807, 2.05) is 26.0 Å². The Hall–Kier alpha value is -2.13. The number of carbonyl (C=O) groups excluding carboxylic acids is 1. The number of pyridine rings is 1. The molecule has 1 aromatic heterocycles. The minimum atomic E-state index is -0.0701. The third-order valence-electron chi connectivity index (χ3n) is 2.72. The molecule has 3 nitrogen and oxygen atoms in total. The van der Waals surface area contributed by atoms with Gasteiger partial charge in [-0.15, -0.1) is 0 Å². The molecule has 0 radical (unpaired) electrons. The third-order valence-corrected chi connectivity index (χ3v) is 2.97. The predicted molar refractivity (Wildman–Crippen MR) is 82.1 cm³/mol. The van der Waals surface area contributed by atoms with E-state index in [0.29, 0.717) is 10.6 Å². The molecule has 0 atom stereocenters. The Morgan fingerprint density at radius 3 is 2.60 bits per heavy atom. The number of carbonyl (C=O) groups is 1. The highest BCUT2D eigenvalue weighted by atomic mass is 35.5. The largest absolute Gasteiger partial charge is 0.344 e. The second-order valence-corrected chi connectivity index (χ2v) is 4.98. The highest BCUT2D eigenvalue weighted by Crippen LogP contribution is 2.12. The number of aryl methyl sites for hydroxylation is 1. The van der Waals surface area contributed by atoms with E-state index in [-0.39, 0.29) is 5.78 Å². The zero-order valence-electron chi connectivity index (χ0n) is 11.4. The van der Waals surface area contributed by atoms with Crippen LogP contribution in [-0.4, -0.2) is 10.8 Å². The number of ketones is 1. The molecule has 4 heteroatoms. The molecule has 2 aromatic rings. The van der Waals surface area contributed by atoms with Crippen molar-refractivity contribution in [3.63, 3.8) is 0 Å². The van der Waals surface area contributed by atoms with Crippen molar-refractivity contribution < 1.29 is 4.79 Å². The molecule has 0 bridgehead atoms. The molecule has 2 rings (SSSR count). The van der Waals surface area contributed by atoms with Crippen molar-refractivity contribution in [1.29, 1.82) is 0 Å². The first-order chi connectivity index (χ1) is 9.54. The molecule has 0 unspecified atom stereocenters. The fourth-order valence-electron chi connectivity index (χ4n) is 1.74. The zero-order valence-corrected chi connectivity index (χ0v) is 12.1. The fraction of sp³-hybridized carbons (Fsp3) is 0.125. The number of anilines is 1. The summed E-state index contributed by atoms with van der Waals surface area (Å²) in [5.74, 6) is 0.655. The van der Waals surface area contributed by atoms with Gasteiger partial charge in [0.2, 0.25) is 0 Å². The molecule has 0 aliphatic carbocycles. The number of allylic oxidation sites excluding steroid dienone is 2. The molecular weight excluding hydrogens is 272 g/mol. The third kappa shape index (κ3) is 3.93. The molecule has 0 aliphatic heterocycles.